The van der Waals surface area contributed by atoms with E-state index in [9.17, 15) is 0 Å². The van der Waals surface area contributed by atoms with E-state index in [-0.39, 0.29) is 17.3 Å². The van der Waals surface area contributed by atoms with Gasteiger partial charge in [0.1, 0.15) is 11.4 Å². The van der Waals surface area contributed by atoms with Crippen molar-refractivity contribution in [2.75, 3.05) is 0 Å². The number of hydrogen-bond acceptors (Lipinski definition) is 5. The zero-order chi connectivity index (χ0) is 11.6. The van der Waals surface area contributed by atoms with Gasteiger partial charge in [-0.25, -0.2) is 0 Å². The molecule has 0 aromatic heterocycles. The van der Waals surface area contributed by atoms with Crippen molar-refractivity contribution in [2.45, 2.75) is 27.2 Å². The number of oxime groups is 2. The van der Waals surface area contributed by atoms with Gasteiger partial charge >= 0.3 is 0 Å². The van der Waals surface area contributed by atoms with Gasteiger partial charge in [-0.05, 0) is 18.3 Å². The van der Waals surface area contributed by atoms with E-state index in [0.717, 1.165) is 0 Å². The van der Waals surface area contributed by atoms with Crippen LogP contribution in [0.2, 0.25) is 0 Å². The van der Waals surface area contributed by atoms with E-state index in [0.29, 0.717) is 17.8 Å². The molecule has 1 fully saturated rings. The summed E-state index contributed by atoms with van der Waals surface area (Å²) in [5, 5.41) is 32.3. The highest BCUT2D eigenvalue weighted by atomic mass is 16.4. The summed E-state index contributed by atoms with van der Waals surface area (Å²) in [6.07, 6.45) is 0.426. The monoisotopic (exact) mass is 209 g/mol. The number of rotatable bonds is 3. The van der Waals surface area contributed by atoms with E-state index in [1.165, 1.54) is 0 Å². The molecule has 1 aliphatic carbocycles. The SMILES string of the molecule is CC(=N/O)/C(=N/O)[C@@H]1[C@H](CC#N)C1(C)C. The second-order valence-corrected chi connectivity index (χ2v) is 4.44. The number of nitrogens with zero attached hydrogens (tertiary/aromatic N) is 3. The van der Waals surface area contributed by atoms with E-state index in [4.69, 9.17) is 15.7 Å². The Kier molecular flexibility index (Phi) is 2.98. The Bertz CT molecular complexity index is 352. The quantitative estimate of drug-likeness (QED) is 0.422. The molecule has 2 N–H and O–H groups in total. The lowest BCUT2D eigenvalue weighted by atomic mass is 10.0. The molecule has 0 amide bonds. The molecule has 5 nitrogen and oxygen atoms in total. The molecule has 0 saturated heterocycles. The number of hydrogen-bond donors (Lipinski definition) is 2. The van der Waals surface area contributed by atoms with E-state index >= 15 is 0 Å². The standard InChI is InChI=1S/C10H15N3O2/c1-6(12-14)9(13-15)8-7(4-5-11)10(8,2)3/h7-8,14-15H,4H2,1-3H3/b12-6-,13-9-/t7-,8-/m0/s1. The first-order chi connectivity index (χ1) is 7.00. The van der Waals surface area contributed by atoms with Crippen LogP contribution in [0.1, 0.15) is 27.2 Å². The molecule has 1 saturated carbocycles. The van der Waals surface area contributed by atoms with Gasteiger partial charge in [-0.3, -0.25) is 0 Å². The van der Waals surface area contributed by atoms with Crippen molar-refractivity contribution in [1.29, 1.82) is 5.26 Å². The minimum atomic E-state index is -0.0662. The summed E-state index contributed by atoms with van der Waals surface area (Å²) in [4.78, 5) is 0. The molecule has 0 aromatic rings. The van der Waals surface area contributed by atoms with Gasteiger partial charge in [0.15, 0.2) is 0 Å². The second-order valence-electron chi connectivity index (χ2n) is 4.44. The maximum atomic E-state index is 8.87. The minimum absolute atomic E-state index is 0.00181. The van der Waals surface area contributed by atoms with Crippen LogP contribution in [0.4, 0.5) is 0 Å². The molecule has 5 heteroatoms. The van der Waals surface area contributed by atoms with Crippen molar-refractivity contribution < 1.29 is 10.4 Å². The lowest BCUT2D eigenvalue weighted by Gasteiger charge is -2.03. The highest BCUT2D eigenvalue weighted by Gasteiger charge is 2.60. The summed E-state index contributed by atoms with van der Waals surface area (Å²) < 4.78 is 0. The normalized spacial score (nSPS) is 29.7. The predicted octanol–water partition coefficient (Wildman–Crippen LogP) is 1.85. The van der Waals surface area contributed by atoms with Gasteiger partial charge in [-0.2, -0.15) is 5.26 Å². The Morgan fingerprint density at radius 1 is 1.40 bits per heavy atom. The Morgan fingerprint density at radius 2 is 2.00 bits per heavy atom. The summed E-state index contributed by atoms with van der Waals surface area (Å²) in [6.45, 7) is 5.60. The van der Waals surface area contributed by atoms with Crippen LogP contribution in [0.5, 0.6) is 0 Å². The molecule has 1 rings (SSSR count). The Labute approximate surface area is 88.7 Å². The van der Waals surface area contributed by atoms with Crippen LogP contribution < -0.4 is 0 Å². The topological polar surface area (TPSA) is 89.0 Å². The smallest absolute Gasteiger partial charge is 0.108 e. The molecule has 2 atom stereocenters. The molecule has 0 spiro atoms. The van der Waals surface area contributed by atoms with E-state index < -0.39 is 0 Å². The Balaban J connectivity index is 2.88. The highest BCUT2D eigenvalue weighted by Crippen LogP contribution is 2.60. The van der Waals surface area contributed by atoms with Crippen LogP contribution in [0.15, 0.2) is 10.3 Å². The van der Waals surface area contributed by atoms with Crippen LogP contribution >= 0.6 is 0 Å². The fourth-order valence-corrected chi connectivity index (χ4v) is 2.18. The fourth-order valence-electron chi connectivity index (χ4n) is 2.18. The average molecular weight is 209 g/mol. The second kappa shape index (κ2) is 3.89. The van der Waals surface area contributed by atoms with Gasteiger partial charge in [0.05, 0.1) is 6.07 Å². The highest BCUT2D eigenvalue weighted by molar-refractivity contribution is 6.42. The Hall–Kier alpha value is -1.57. The molecule has 0 aromatic carbocycles. The van der Waals surface area contributed by atoms with E-state index in [1.807, 2.05) is 13.8 Å². The summed E-state index contributed by atoms with van der Waals surface area (Å²) in [6, 6.07) is 2.11. The molecular formula is C10H15N3O2. The fraction of sp³-hybridized carbons (Fsp3) is 0.700. The molecule has 0 heterocycles. The minimum Gasteiger partial charge on any atom is -0.411 e. The average Bonchev–Trinajstić information content (AvgIpc) is 2.71. The van der Waals surface area contributed by atoms with E-state index in [1.54, 1.807) is 6.92 Å². The lowest BCUT2D eigenvalue weighted by molar-refractivity contribution is 0.312. The summed E-state index contributed by atoms with van der Waals surface area (Å²) in [5.74, 6) is 0.170. The van der Waals surface area contributed by atoms with Crippen LogP contribution in [0.25, 0.3) is 0 Å². The van der Waals surface area contributed by atoms with Crippen LogP contribution in [0.3, 0.4) is 0 Å². The third kappa shape index (κ3) is 1.80. The third-order valence-corrected chi connectivity index (χ3v) is 3.28. The maximum Gasteiger partial charge on any atom is 0.108 e. The van der Waals surface area contributed by atoms with Crippen molar-refractivity contribution in [2.24, 2.45) is 27.6 Å². The lowest BCUT2D eigenvalue weighted by Crippen LogP contribution is -2.16. The molecular weight excluding hydrogens is 194 g/mol. The summed E-state index contributed by atoms with van der Waals surface area (Å²) in [7, 11) is 0. The molecule has 1 aliphatic rings. The molecule has 0 bridgehead atoms. The summed E-state index contributed by atoms with van der Waals surface area (Å²) in [5.41, 5.74) is 0.613. The zero-order valence-corrected chi connectivity index (χ0v) is 9.10. The summed E-state index contributed by atoms with van der Waals surface area (Å²) >= 11 is 0. The molecule has 0 radical (unpaired) electrons. The van der Waals surface area contributed by atoms with Gasteiger partial charge in [-0.15, -0.1) is 0 Å². The van der Waals surface area contributed by atoms with E-state index in [2.05, 4.69) is 16.4 Å². The number of nitriles is 1. The predicted molar refractivity (Wildman–Crippen MR) is 55.1 cm³/mol. The maximum absolute atomic E-state index is 8.87. The van der Waals surface area contributed by atoms with Gasteiger partial charge in [-0.1, -0.05) is 24.2 Å². The van der Waals surface area contributed by atoms with Gasteiger partial charge in [0.2, 0.25) is 0 Å². The van der Waals surface area contributed by atoms with Crippen LogP contribution in [-0.2, 0) is 0 Å². The van der Waals surface area contributed by atoms with Crippen molar-refractivity contribution in [3.05, 3.63) is 0 Å². The van der Waals surface area contributed by atoms with Crippen molar-refractivity contribution in [3.8, 4) is 6.07 Å². The van der Waals surface area contributed by atoms with Gasteiger partial charge in [0.25, 0.3) is 0 Å². The van der Waals surface area contributed by atoms with Crippen LogP contribution in [-0.4, -0.2) is 21.8 Å². The van der Waals surface area contributed by atoms with Crippen LogP contribution in [0, 0.1) is 28.6 Å². The van der Waals surface area contributed by atoms with Crippen molar-refractivity contribution >= 4 is 11.4 Å². The Morgan fingerprint density at radius 3 is 2.40 bits per heavy atom. The molecule has 0 aliphatic heterocycles. The molecule has 82 valence electrons. The zero-order valence-electron chi connectivity index (χ0n) is 9.10. The third-order valence-electron chi connectivity index (χ3n) is 3.28. The molecule has 0 unspecified atom stereocenters. The molecule has 15 heavy (non-hydrogen) atoms. The van der Waals surface area contributed by atoms with Crippen molar-refractivity contribution in [1.82, 2.24) is 0 Å². The van der Waals surface area contributed by atoms with Gasteiger partial charge < -0.3 is 10.4 Å². The largest absolute Gasteiger partial charge is 0.411 e. The first-order valence-corrected chi connectivity index (χ1v) is 4.78. The van der Waals surface area contributed by atoms with Gasteiger partial charge in [0, 0.05) is 12.3 Å². The first kappa shape index (κ1) is 11.5. The van der Waals surface area contributed by atoms with Crippen molar-refractivity contribution in [3.63, 3.8) is 0 Å². The first-order valence-electron chi connectivity index (χ1n) is 4.78.